The number of benzene rings is 4. The van der Waals surface area contributed by atoms with Gasteiger partial charge in [0.2, 0.25) is 0 Å². The highest BCUT2D eigenvalue weighted by Crippen LogP contribution is 2.58. The highest BCUT2D eigenvalue weighted by Gasteiger charge is 2.48. The molecule has 3 aliphatic rings. The molecule has 192 valence electrons. The molecule has 0 spiro atoms. The normalized spacial score (nSPS) is 21.6. The molecule has 0 saturated carbocycles. The fourth-order valence-corrected chi connectivity index (χ4v) is 6.53. The number of nitrogens with one attached hydrogen (secondary N) is 1. The molecule has 7 rings (SSSR count). The Morgan fingerprint density at radius 1 is 0.600 bits per heavy atom. The van der Waals surface area contributed by atoms with Crippen LogP contribution in [0.2, 0.25) is 0 Å². The molecule has 1 nitrogen and oxygen atoms in total. The fraction of sp³-hybridized carbons (Fsp3) is 0.0769. The van der Waals surface area contributed by atoms with Crippen molar-refractivity contribution in [3.05, 3.63) is 191 Å². The van der Waals surface area contributed by atoms with Gasteiger partial charge in [0.1, 0.15) is 0 Å². The van der Waals surface area contributed by atoms with E-state index in [0.717, 1.165) is 18.5 Å². The fourth-order valence-electron chi connectivity index (χ4n) is 6.53. The minimum Gasteiger partial charge on any atom is -0.361 e. The summed E-state index contributed by atoms with van der Waals surface area (Å²) < 4.78 is 0. The van der Waals surface area contributed by atoms with Gasteiger partial charge in [-0.05, 0) is 75.6 Å². The van der Waals surface area contributed by atoms with Crippen molar-refractivity contribution in [2.24, 2.45) is 0 Å². The Morgan fingerprint density at radius 3 is 2.20 bits per heavy atom. The molecule has 4 aromatic carbocycles. The molecule has 0 saturated heterocycles. The molecular formula is C39H31N. The first-order chi connectivity index (χ1) is 19.9. The third-order valence-electron chi connectivity index (χ3n) is 8.24. The largest absolute Gasteiger partial charge is 0.361 e. The SMILES string of the molecule is C1=CC(C2(c3ccccc3)C3=C(c4cc(-c5ccccc5)ccc4N/C=C/C=C\C=C/3)c3ccccc32)=CCC1. The summed E-state index contributed by atoms with van der Waals surface area (Å²) in [6.07, 6.45) is 22.1. The second-order valence-corrected chi connectivity index (χ2v) is 10.5. The standard InChI is InChI=1S/C39H31N/c1-2-15-27-40-37-26-25-30(29-16-6-3-7-17-29)28-34(37)38-33-22-13-14-23-35(33)39(36(38)24-12-1,31-18-8-4-9-19-31)32-20-10-5-11-21-32/h1-4,6-10,12-28,40H,5,11H2/b2-1-,24-12-,27-15+. The van der Waals surface area contributed by atoms with E-state index in [9.17, 15) is 0 Å². The highest BCUT2D eigenvalue weighted by atomic mass is 14.8. The maximum absolute atomic E-state index is 3.61. The molecule has 1 heteroatoms. The van der Waals surface area contributed by atoms with E-state index in [-0.39, 0.29) is 0 Å². The highest BCUT2D eigenvalue weighted by molar-refractivity contribution is 5.99. The zero-order valence-electron chi connectivity index (χ0n) is 22.4. The van der Waals surface area contributed by atoms with Crippen molar-refractivity contribution in [1.82, 2.24) is 0 Å². The Bertz CT molecular complexity index is 1750. The van der Waals surface area contributed by atoms with Gasteiger partial charge in [0, 0.05) is 17.5 Å². The van der Waals surface area contributed by atoms with Crippen LogP contribution in [0.3, 0.4) is 0 Å². The Hall–Kier alpha value is -4.88. The number of fused-ring (bicyclic) bond motifs is 4. The van der Waals surface area contributed by atoms with Crippen molar-refractivity contribution >= 4 is 11.3 Å². The molecule has 0 fully saturated rings. The van der Waals surface area contributed by atoms with Gasteiger partial charge in [-0.1, -0.05) is 134 Å². The molecule has 40 heavy (non-hydrogen) atoms. The van der Waals surface area contributed by atoms with Gasteiger partial charge in [0.05, 0.1) is 5.41 Å². The molecule has 0 radical (unpaired) electrons. The average Bonchev–Trinajstić information content (AvgIpc) is 3.30. The van der Waals surface area contributed by atoms with Crippen LogP contribution in [-0.4, -0.2) is 0 Å². The van der Waals surface area contributed by atoms with Crippen LogP contribution >= 0.6 is 0 Å². The van der Waals surface area contributed by atoms with E-state index in [4.69, 9.17) is 0 Å². The topological polar surface area (TPSA) is 12.0 Å². The van der Waals surface area contributed by atoms with Gasteiger partial charge in [-0.15, -0.1) is 0 Å². The van der Waals surface area contributed by atoms with E-state index in [0.29, 0.717) is 0 Å². The third-order valence-corrected chi connectivity index (χ3v) is 8.24. The van der Waals surface area contributed by atoms with Gasteiger partial charge >= 0.3 is 0 Å². The lowest BCUT2D eigenvalue weighted by Crippen LogP contribution is -2.30. The first-order valence-corrected chi connectivity index (χ1v) is 14.1. The summed E-state index contributed by atoms with van der Waals surface area (Å²) in [5, 5.41) is 3.61. The minimum atomic E-state index is -0.421. The van der Waals surface area contributed by atoms with Crippen LogP contribution in [0.1, 0.15) is 35.1 Å². The zero-order chi connectivity index (χ0) is 26.8. The Morgan fingerprint density at radius 2 is 1.38 bits per heavy atom. The lowest BCUT2D eigenvalue weighted by molar-refractivity contribution is 0.745. The first kappa shape index (κ1) is 24.2. The maximum atomic E-state index is 3.61. The van der Waals surface area contributed by atoms with Crippen LogP contribution in [0.4, 0.5) is 5.69 Å². The Kier molecular flexibility index (Phi) is 6.26. The molecule has 1 unspecified atom stereocenters. The van der Waals surface area contributed by atoms with Gasteiger partial charge in [-0.25, -0.2) is 0 Å². The van der Waals surface area contributed by atoms with Crippen LogP contribution in [0.25, 0.3) is 16.7 Å². The van der Waals surface area contributed by atoms with Crippen LogP contribution in [-0.2, 0) is 5.41 Å². The summed E-state index contributed by atoms with van der Waals surface area (Å²) >= 11 is 0. The first-order valence-electron chi connectivity index (χ1n) is 14.1. The number of rotatable bonds is 3. The molecule has 0 bridgehead atoms. The smallest absolute Gasteiger partial charge is 0.0710 e. The molecule has 1 aliphatic heterocycles. The summed E-state index contributed by atoms with van der Waals surface area (Å²) in [5.41, 5.74) is 12.1. The molecule has 1 heterocycles. The average molecular weight is 514 g/mol. The van der Waals surface area contributed by atoms with Crippen molar-refractivity contribution in [1.29, 1.82) is 0 Å². The number of hydrogen-bond acceptors (Lipinski definition) is 1. The van der Waals surface area contributed by atoms with Gasteiger partial charge in [-0.2, -0.15) is 0 Å². The lowest BCUT2D eigenvalue weighted by atomic mass is 9.65. The molecule has 1 N–H and O–H groups in total. The molecule has 1 atom stereocenters. The van der Waals surface area contributed by atoms with Crippen molar-refractivity contribution in [3.8, 4) is 11.1 Å². The molecule has 0 aromatic heterocycles. The van der Waals surface area contributed by atoms with Gasteiger partial charge in [0.15, 0.2) is 0 Å². The number of anilines is 1. The number of hydrogen-bond donors (Lipinski definition) is 1. The zero-order valence-corrected chi connectivity index (χ0v) is 22.4. The van der Waals surface area contributed by atoms with Crippen LogP contribution < -0.4 is 5.32 Å². The molecular weight excluding hydrogens is 482 g/mol. The van der Waals surface area contributed by atoms with Crippen LogP contribution in [0.5, 0.6) is 0 Å². The molecule has 2 aliphatic carbocycles. The molecule has 4 aromatic rings. The van der Waals surface area contributed by atoms with Crippen molar-refractivity contribution in [2.45, 2.75) is 18.3 Å². The number of allylic oxidation sites excluding steroid dienone is 10. The summed E-state index contributed by atoms with van der Waals surface area (Å²) in [5.74, 6) is 0. The van der Waals surface area contributed by atoms with E-state index >= 15 is 0 Å². The van der Waals surface area contributed by atoms with E-state index < -0.39 is 5.41 Å². The summed E-state index contributed by atoms with van der Waals surface area (Å²) in [6, 6.07) is 37.6. The summed E-state index contributed by atoms with van der Waals surface area (Å²) in [4.78, 5) is 0. The van der Waals surface area contributed by atoms with Crippen LogP contribution in [0, 0.1) is 0 Å². The lowest BCUT2D eigenvalue weighted by Gasteiger charge is -2.36. The monoisotopic (exact) mass is 513 g/mol. The van der Waals surface area contributed by atoms with Crippen molar-refractivity contribution in [3.63, 3.8) is 0 Å². The summed E-state index contributed by atoms with van der Waals surface area (Å²) in [7, 11) is 0. The minimum absolute atomic E-state index is 0.421. The predicted molar refractivity (Wildman–Crippen MR) is 169 cm³/mol. The van der Waals surface area contributed by atoms with Gasteiger partial charge in [0.25, 0.3) is 0 Å². The quantitative estimate of drug-likeness (QED) is 0.287. The van der Waals surface area contributed by atoms with Gasteiger partial charge < -0.3 is 5.32 Å². The Labute approximate surface area is 236 Å². The third kappa shape index (κ3) is 3.94. The molecule has 0 amide bonds. The Balaban J connectivity index is 1.62. The van der Waals surface area contributed by atoms with Crippen LogP contribution in [0.15, 0.2) is 169 Å². The second-order valence-electron chi connectivity index (χ2n) is 10.5. The van der Waals surface area contributed by atoms with E-state index in [1.54, 1.807) is 0 Å². The van der Waals surface area contributed by atoms with E-state index in [1.807, 2.05) is 6.20 Å². The summed E-state index contributed by atoms with van der Waals surface area (Å²) in [6.45, 7) is 0. The van der Waals surface area contributed by atoms with Crippen molar-refractivity contribution < 1.29 is 0 Å². The van der Waals surface area contributed by atoms with E-state index in [2.05, 4.69) is 157 Å². The van der Waals surface area contributed by atoms with Crippen molar-refractivity contribution in [2.75, 3.05) is 5.32 Å². The maximum Gasteiger partial charge on any atom is 0.0710 e. The predicted octanol–water partition coefficient (Wildman–Crippen LogP) is 9.78. The second kappa shape index (κ2) is 10.4. The van der Waals surface area contributed by atoms with Gasteiger partial charge in [-0.3, -0.25) is 0 Å². The van der Waals surface area contributed by atoms with E-state index in [1.165, 1.54) is 50.1 Å².